The monoisotopic (exact) mass is 236 g/mol. The third-order valence-corrected chi connectivity index (χ3v) is 1.76. The standard InChI is InChI=1S/C8H8N6OS/c9-7(16)10-5-1-3-6(4-2-5)15-8-11-13-14-12-8/h1-4H,(H3,9,10,16)(H,11,12,13,14). The van der Waals surface area contributed by atoms with E-state index in [2.05, 4.69) is 25.9 Å². The molecule has 0 saturated carbocycles. The molecule has 0 bridgehead atoms. The second-order valence-corrected chi connectivity index (χ2v) is 3.25. The van der Waals surface area contributed by atoms with Crippen molar-refractivity contribution in [2.24, 2.45) is 5.73 Å². The highest BCUT2D eigenvalue weighted by Gasteiger charge is 2.01. The Morgan fingerprint density at radius 2 is 2.12 bits per heavy atom. The van der Waals surface area contributed by atoms with Crippen LogP contribution < -0.4 is 15.8 Å². The molecule has 0 aliphatic heterocycles. The second kappa shape index (κ2) is 4.53. The van der Waals surface area contributed by atoms with E-state index in [1.54, 1.807) is 24.3 Å². The van der Waals surface area contributed by atoms with Crippen LogP contribution >= 0.6 is 12.2 Å². The first kappa shape index (κ1) is 10.3. The van der Waals surface area contributed by atoms with Gasteiger partial charge < -0.3 is 15.8 Å². The molecular weight excluding hydrogens is 228 g/mol. The quantitative estimate of drug-likeness (QED) is 0.672. The van der Waals surface area contributed by atoms with E-state index in [0.717, 1.165) is 5.69 Å². The van der Waals surface area contributed by atoms with Crippen LogP contribution in [0.3, 0.4) is 0 Å². The van der Waals surface area contributed by atoms with Crippen molar-refractivity contribution in [2.75, 3.05) is 5.32 Å². The van der Waals surface area contributed by atoms with Gasteiger partial charge in [0.05, 0.1) is 0 Å². The molecule has 0 saturated heterocycles. The molecule has 8 heteroatoms. The highest BCUT2D eigenvalue weighted by Crippen LogP contribution is 2.19. The molecule has 82 valence electrons. The number of hydrogen-bond donors (Lipinski definition) is 3. The predicted octanol–water partition coefficient (Wildman–Crippen LogP) is 0.647. The van der Waals surface area contributed by atoms with Crippen LogP contribution in [-0.4, -0.2) is 25.7 Å². The van der Waals surface area contributed by atoms with Gasteiger partial charge in [-0.1, -0.05) is 10.2 Å². The number of nitrogens with zero attached hydrogens (tertiary/aromatic N) is 3. The highest BCUT2D eigenvalue weighted by atomic mass is 32.1. The van der Waals surface area contributed by atoms with Gasteiger partial charge in [0.25, 0.3) is 0 Å². The van der Waals surface area contributed by atoms with Crippen molar-refractivity contribution in [1.82, 2.24) is 20.6 Å². The lowest BCUT2D eigenvalue weighted by atomic mass is 10.3. The summed E-state index contributed by atoms with van der Waals surface area (Å²) >= 11 is 4.71. The number of nitrogens with one attached hydrogen (secondary N) is 2. The summed E-state index contributed by atoms with van der Waals surface area (Å²) in [4.78, 5) is 0. The summed E-state index contributed by atoms with van der Waals surface area (Å²) in [5.74, 6) is 0.592. The Bertz CT molecular complexity index is 468. The third kappa shape index (κ3) is 2.64. The molecule has 0 fully saturated rings. The molecule has 4 N–H and O–H groups in total. The van der Waals surface area contributed by atoms with Gasteiger partial charge in [-0.25, -0.2) is 0 Å². The maximum atomic E-state index is 5.33. The van der Waals surface area contributed by atoms with Crippen molar-refractivity contribution in [2.45, 2.75) is 0 Å². The number of anilines is 1. The first-order chi connectivity index (χ1) is 7.74. The van der Waals surface area contributed by atoms with Gasteiger partial charge in [-0.2, -0.15) is 5.21 Å². The molecule has 0 radical (unpaired) electrons. The van der Waals surface area contributed by atoms with Crippen molar-refractivity contribution in [3.8, 4) is 11.8 Å². The summed E-state index contributed by atoms with van der Waals surface area (Å²) in [6.45, 7) is 0. The zero-order valence-corrected chi connectivity index (χ0v) is 8.86. The summed E-state index contributed by atoms with van der Waals surface area (Å²) in [5.41, 5.74) is 6.11. The Kier molecular flexibility index (Phi) is 2.92. The fourth-order valence-electron chi connectivity index (χ4n) is 1.05. The molecule has 7 nitrogen and oxygen atoms in total. The molecule has 1 aromatic carbocycles. The number of aromatic amines is 1. The van der Waals surface area contributed by atoms with Gasteiger partial charge in [-0.05, 0) is 41.7 Å². The van der Waals surface area contributed by atoms with E-state index in [4.69, 9.17) is 22.7 Å². The fourth-order valence-corrected chi connectivity index (χ4v) is 1.17. The van der Waals surface area contributed by atoms with Crippen LogP contribution in [0.5, 0.6) is 11.8 Å². The molecule has 2 rings (SSSR count). The summed E-state index contributed by atoms with van der Waals surface area (Å²) in [6.07, 6.45) is 0. The van der Waals surface area contributed by atoms with Gasteiger partial charge in [0.1, 0.15) is 5.75 Å². The third-order valence-electron chi connectivity index (χ3n) is 1.66. The number of nitrogens with two attached hydrogens (primary N) is 1. The fraction of sp³-hybridized carbons (Fsp3) is 0. The lowest BCUT2D eigenvalue weighted by molar-refractivity contribution is 0.442. The van der Waals surface area contributed by atoms with E-state index in [1.165, 1.54) is 0 Å². The number of rotatable bonds is 3. The van der Waals surface area contributed by atoms with Gasteiger partial charge in [0.15, 0.2) is 5.11 Å². The number of tetrazole rings is 1. The molecule has 0 amide bonds. The van der Waals surface area contributed by atoms with E-state index < -0.39 is 0 Å². The lowest BCUT2D eigenvalue weighted by Gasteiger charge is -2.04. The van der Waals surface area contributed by atoms with E-state index in [-0.39, 0.29) is 11.1 Å². The van der Waals surface area contributed by atoms with Crippen molar-refractivity contribution in [1.29, 1.82) is 0 Å². The molecule has 1 heterocycles. The largest absolute Gasteiger partial charge is 0.422 e. The van der Waals surface area contributed by atoms with Crippen molar-refractivity contribution in [3.63, 3.8) is 0 Å². The van der Waals surface area contributed by atoms with E-state index in [0.29, 0.717) is 5.75 Å². The summed E-state index contributed by atoms with van der Waals surface area (Å²) in [7, 11) is 0. The molecule has 16 heavy (non-hydrogen) atoms. The average molecular weight is 236 g/mol. The van der Waals surface area contributed by atoms with Crippen LogP contribution in [-0.2, 0) is 0 Å². The van der Waals surface area contributed by atoms with Crippen LogP contribution in [0.1, 0.15) is 0 Å². The van der Waals surface area contributed by atoms with Crippen LogP contribution in [0.25, 0.3) is 0 Å². The molecule has 2 aromatic rings. The van der Waals surface area contributed by atoms with Crippen molar-refractivity contribution < 1.29 is 4.74 Å². The normalized spacial score (nSPS) is 9.75. The maximum Gasteiger partial charge on any atom is 0.361 e. The molecule has 0 aliphatic rings. The molecule has 0 spiro atoms. The number of benzene rings is 1. The Balaban J connectivity index is 2.05. The molecule has 0 aliphatic carbocycles. The Hall–Kier alpha value is -2.22. The zero-order valence-electron chi connectivity index (χ0n) is 8.04. The van der Waals surface area contributed by atoms with Gasteiger partial charge in [0.2, 0.25) is 0 Å². The zero-order chi connectivity index (χ0) is 11.4. The van der Waals surface area contributed by atoms with E-state index in [1.807, 2.05) is 0 Å². The highest BCUT2D eigenvalue weighted by molar-refractivity contribution is 7.80. The number of aromatic nitrogens is 4. The Labute approximate surface area is 96.0 Å². The minimum Gasteiger partial charge on any atom is -0.422 e. The van der Waals surface area contributed by atoms with Crippen LogP contribution in [0.2, 0.25) is 0 Å². The minimum atomic E-state index is 0.162. The van der Waals surface area contributed by atoms with Crippen molar-refractivity contribution >= 4 is 23.0 Å². The summed E-state index contributed by atoms with van der Waals surface area (Å²) in [5, 5.41) is 16.0. The number of H-pyrrole nitrogens is 1. The maximum absolute atomic E-state index is 5.33. The van der Waals surface area contributed by atoms with Crippen LogP contribution in [0.4, 0.5) is 5.69 Å². The Morgan fingerprint density at radius 1 is 1.38 bits per heavy atom. The van der Waals surface area contributed by atoms with Gasteiger partial charge >= 0.3 is 6.01 Å². The molecular formula is C8H8N6OS. The molecule has 0 unspecified atom stereocenters. The molecule has 0 atom stereocenters. The van der Waals surface area contributed by atoms with Gasteiger partial charge in [-0.15, -0.1) is 0 Å². The topological polar surface area (TPSA) is 102 Å². The minimum absolute atomic E-state index is 0.162. The van der Waals surface area contributed by atoms with E-state index >= 15 is 0 Å². The molecule has 1 aromatic heterocycles. The summed E-state index contributed by atoms with van der Waals surface area (Å²) in [6, 6.07) is 7.17. The van der Waals surface area contributed by atoms with E-state index in [9.17, 15) is 0 Å². The second-order valence-electron chi connectivity index (χ2n) is 2.81. The van der Waals surface area contributed by atoms with Crippen molar-refractivity contribution in [3.05, 3.63) is 24.3 Å². The number of thiocarbonyl (C=S) groups is 1. The van der Waals surface area contributed by atoms with Gasteiger partial charge in [0, 0.05) is 5.69 Å². The van der Waals surface area contributed by atoms with Gasteiger partial charge in [-0.3, -0.25) is 0 Å². The van der Waals surface area contributed by atoms with Crippen LogP contribution in [0, 0.1) is 0 Å². The first-order valence-electron chi connectivity index (χ1n) is 4.32. The predicted molar refractivity (Wildman–Crippen MR) is 61.1 cm³/mol. The smallest absolute Gasteiger partial charge is 0.361 e. The SMILES string of the molecule is NC(=S)Nc1ccc(Oc2nn[nH]n2)cc1. The van der Waals surface area contributed by atoms with Crippen LogP contribution in [0.15, 0.2) is 24.3 Å². The first-order valence-corrected chi connectivity index (χ1v) is 4.73. The number of hydrogen-bond acceptors (Lipinski definition) is 5. The lowest BCUT2D eigenvalue weighted by Crippen LogP contribution is -2.18. The number of ether oxygens (including phenoxy) is 1. The average Bonchev–Trinajstić information content (AvgIpc) is 2.73. The Morgan fingerprint density at radius 3 is 2.69 bits per heavy atom. The summed E-state index contributed by atoms with van der Waals surface area (Å²) < 4.78 is 5.27.